The van der Waals surface area contributed by atoms with Gasteiger partial charge < -0.3 is 10.3 Å². The summed E-state index contributed by atoms with van der Waals surface area (Å²) in [4.78, 5) is 2.35. The molecule has 1 fully saturated rings. The Balaban J connectivity index is 2.43. The first-order valence-electron chi connectivity index (χ1n) is 5.43. The van der Waals surface area contributed by atoms with Crippen molar-refractivity contribution in [3.8, 4) is 0 Å². The molecule has 0 spiro atoms. The van der Waals surface area contributed by atoms with Crippen LogP contribution in [0, 0.1) is 12.8 Å². The molecule has 2 unspecified atom stereocenters. The Bertz CT molecular complexity index is 349. The van der Waals surface area contributed by atoms with Gasteiger partial charge in [0.05, 0.1) is 11.7 Å². The van der Waals surface area contributed by atoms with Gasteiger partial charge in [-0.3, -0.25) is 4.90 Å². The van der Waals surface area contributed by atoms with Crippen LogP contribution in [0.5, 0.6) is 0 Å². The third kappa shape index (κ3) is 1.40. The molecule has 15 heavy (non-hydrogen) atoms. The van der Waals surface area contributed by atoms with Gasteiger partial charge in [0.2, 0.25) is 0 Å². The minimum Gasteiger partial charge on any atom is -0.361 e. The summed E-state index contributed by atoms with van der Waals surface area (Å²) < 4.78 is 5.17. The van der Waals surface area contributed by atoms with Gasteiger partial charge >= 0.3 is 0 Å². The number of likely N-dealkylation sites (tertiary alicyclic amines) is 1. The minimum absolute atomic E-state index is 0.0150. The number of hydrogen-bond acceptors (Lipinski definition) is 4. The summed E-state index contributed by atoms with van der Waals surface area (Å²) in [6.07, 6.45) is 2.98. The van der Waals surface area contributed by atoms with Gasteiger partial charge in [0, 0.05) is 5.56 Å². The Kier molecular flexibility index (Phi) is 2.56. The van der Waals surface area contributed by atoms with E-state index < -0.39 is 0 Å². The average Bonchev–Trinajstić information content (AvgIpc) is 2.74. The molecule has 0 aliphatic carbocycles. The van der Waals surface area contributed by atoms with Crippen LogP contribution < -0.4 is 5.73 Å². The van der Waals surface area contributed by atoms with Crippen molar-refractivity contribution in [1.82, 2.24) is 10.1 Å². The normalized spacial score (nSPS) is 32.4. The highest BCUT2D eigenvalue weighted by atomic mass is 16.5. The van der Waals surface area contributed by atoms with Crippen LogP contribution in [-0.2, 0) is 5.54 Å². The van der Waals surface area contributed by atoms with Crippen molar-refractivity contribution in [2.75, 3.05) is 20.1 Å². The second-order valence-corrected chi connectivity index (χ2v) is 4.59. The third-order valence-electron chi connectivity index (χ3n) is 3.98. The molecule has 2 N–H and O–H groups in total. The molecule has 2 atom stereocenters. The molecule has 4 nitrogen and oxygen atoms in total. The molecule has 2 heterocycles. The maximum Gasteiger partial charge on any atom is 0.138 e. The summed E-state index contributed by atoms with van der Waals surface area (Å²) in [6.45, 7) is 6.00. The lowest BCUT2D eigenvalue weighted by Gasteiger charge is -2.36. The van der Waals surface area contributed by atoms with Crippen LogP contribution in [0.1, 0.15) is 24.7 Å². The van der Waals surface area contributed by atoms with E-state index in [0.29, 0.717) is 12.5 Å². The van der Waals surface area contributed by atoms with Crippen LogP contribution in [0.2, 0.25) is 0 Å². The van der Waals surface area contributed by atoms with Crippen LogP contribution in [0.3, 0.4) is 0 Å². The predicted molar refractivity (Wildman–Crippen MR) is 58.4 cm³/mol. The zero-order valence-electron chi connectivity index (χ0n) is 9.66. The van der Waals surface area contributed by atoms with E-state index in [1.54, 1.807) is 0 Å². The molecule has 0 saturated carbocycles. The van der Waals surface area contributed by atoms with Gasteiger partial charge in [-0.15, -0.1) is 0 Å². The van der Waals surface area contributed by atoms with Crippen molar-refractivity contribution >= 4 is 0 Å². The fourth-order valence-electron chi connectivity index (χ4n) is 2.73. The summed E-state index contributed by atoms with van der Waals surface area (Å²) in [5.74, 6) is 1.39. The summed E-state index contributed by atoms with van der Waals surface area (Å²) in [5.41, 5.74) is 7.01. The summed E-state index contributed by atoms with van der Waals surface area (Å²) in [6, 6.07) is 0. The Morgan fingerprint density at radius 3 is 3.00 bits per heavy atom. The highest BCUT2D eigenvalue weighted by Crippen LogP contribution is 2.42. The molecule has 1 aliphatic rings. The molecular formula is C11H19N3O. The van der Waals surface area contributed by atoms with E-state index in [2.05, 4.69) is 24.0 Å². The molecule has 2 rings (SSSR count). The Morgan fingerprint density at radius 2 is 2.47 bits per heavy atom. The highest BCUT2D eigenvalue weighted by molar-refractivity contribution is 5.25. The molecule has 84 valence electrons. The lowest BCUT2D eigenvalue weighted by molar-refractivity contribution is 0.151. The van der Waals surface area contributed by atoms with E-state index in [0.717, 1.165) is 18.7 Å². The molecule has 1 saturated heterocycles. The number of hydrogen-bond donors (Lipinski definition) is 1. The molecule has 0 radical (unpaired) electrons. The molecule has 0 amide bonds. The molecule has 4 heteroatoms. The van der Waals surface area contributed by atoms with Crippen LogP contribution in [0.25, 0.3) is 0 Å². The largest absolute Gasteiger partial charge is 0.361 e. The zero-order chi connectivity index (χ0) is 11.1. The second kappa shape index (κ2) is 3.61. The molecule has 0 bridgehead atoms. The fourth-order valence-corrected chi connectivity index (χ4v) is 2.73. The SMILES string of the molecule is Cc1oncc1C1(C)C(CN)CCN1C. The van der Waals surface area contributed by atoms with Gasteiger partial charge in [0.15, 0.2) is 0 Å². The van der Waals surface area contributed by atoms with Crippen molar-refractivity contribution < 1.29 is 4.52 Å². The van der Waals surface area contributed by atoms with Gasteiger partial charge in [0.1, 0.15) is 5.76 Å². The van der Waals surface area contributed by atoms with Crippen LogP contribution in [0.15, 0.2) is 10.7 Å². The molecule has 1 aromatic rings. The maximum absolute atomic E-state index is 5.85. The van der Waals surface area contributed by atoms with Gasteiger partial charge in [-0.25, -0.2) is 0 Å². The first-order chi connectivity index (χ1) is 7.10. The van der Waals surface area contributed by atoms with Gasteiger partial charge in [-0.05, 0) is 46.3 Å². The summed E-state index contributed by atoms with van der Waals surface area (Å²) >= 11 is 0. The van der Waals surface area contributed by atoms with Crippen LogP contribution >= 0.6 is 0 Å². The van der Waals surface area contributed by atoms with Crippen molar-refractivity contribution in [1.29, 1.82) is 0 Å². The Labute approximate surface area is 90.4 Å². The maximum atomic E-state index is 5.85. The lowest BCUT2D eigenvalue weighted by atomic mass is 9.81. The number of nitrogens with two attached hydrogens (primary N) is 1. The number of rotatable bonds is 2. The van der Waals surface area contributed by atoms with Crippen molar-refractivity contribution in [2.24, 2.45) is 11.7 Å². The van der Waals surface area contributed by atoms with Crippen LogP contribution in [-0.4, -0.2) is 30.2 Å². The van der Waals surface area contributed by atoms with Gasteiger partial charge in [-0.2, -0.15) is 0 Å². The van der Waals surface area contributed by atoms with Gasteiger partial charge in [0.25, 0.3) is 0 Å². The second-order valence-electron chi connectivity index (χ2n) is 4.59. The average molecular weight is 209 g/mol. The molecular weight excluding hydrogens is 190 g/mol. The first-order valence-corrected chi connectivity index (χ1v) is 5.43. The quantitative estimate of drug-likeness (QED) is 0.792. The Hall–Kier alpha value is -0.870. The van der Waals surface area contributed by atoms with Crippen LogP contribution in [0.4, 0.5) is 0 Å². The third-order valence-corrected chi connectivity index (χ3v) is 3.98. The number of aromatic nitrogens is 1. The number of nitrogens with zero attached hydrogens (tertiary/aromatic N) is 2. The predicted octanol–water partition coefficient (Wildman–Crippen LogP) is 1.11. The zero-order valence-corrected chi connectivity index (χ0v) is 9.66. The van der Waals surface area contributed by atoms with Crippen molar-refractivity contribution in [3.63, 3.8) is 0 Å². The lowest BCUT2D eigenvalue weighted by Crippen LogP contribution is -2.42. The summed E-state index contributed by atoms with van der Waals surface area (Å²) in [7, 11) is 2.14. The first kappa shape index (κ1) is 10.6. The monoisotopic (exact) mass is 209 g/mol. The van der Waals surface area contributed by atoms with Crippen molar-refractivity contribution in [3.05, 3.63) is 17.5 Å². The fraction of sp³-hybridized carbons (Fsp3) is 0.727. The van der Waals surface area contributed by atoms with E-state index in [1.165, 1.54) is 5.56 Å². The van der Waals surface area contributed by atoms with E-state index in [4.69, 9.17) is 10.3 Å². The molecule has 0 aromatic carbocycles. The smallest absolute Gasteiger partial charge is 0.138 e. The van der Waals surface area contributed by atoms with E-state index in [9.17, 15) is 0 Å². The minimum atomic E-state index is -0.0150. The molecule has 1 aliphatic heterocycles. The van der Waals surface area contributed by atoms with Gasteiger partial charge in [-0.1, -0.05) is 5.16 Å². The van der Waals surface area contributed by atoms with E-state index >= 15 is 0 Å². The Morgan fingerprint density at radius 1 is 1.73 bits per heavy atom. The summed E-state index contributed by atoms with van der Waals surface area (Å²) in [5, 5.41) is 3.87. The molecule has 1 aromatic heterocycles. The van der Waals surface area contributed by atoms with E-state index in [1.807, 2.05) is 13.1 Å². The van der Waals surface area contributed by atoms with E-state index in [-0.39, 0.29) is 5.54 Å². The van der Waals surface area contributed by atoms with Crippen molar-refractivity contribution in [2.45, 2.75) is 25.8 Å². The highest BCUT2D eigenvalue weighted by Gasteiger charge is 2.45. The topological polar surface area (TPSA) is 55.3 Å². The number of aryl methyl sites for hydroxylation is 1. The standard InChI is InChI=1S/C11H19N3O/c1-8-10(7-13-15-8)11(2)9(6-12)4-5-14(11)3/h7,9H,4-6,12H2,1-3H3.